The molecule has 3 fully saturated rings. The number of carbonyl (C=O) groups excluding carboxylic acids is 1. The number of carbonyl (C=O) groups is 1. The highest BCUT2D eigenvalue weighted by Gasteiger charge is 2.27. The molecule has 0 radical (unpaired) electrons. The molecule has 1 unspecified atom stereocenters. The van der Waals surface area contributed by atoms with Crippen molar-refractivity contribution in [1.29, 1.82) is 0 Å². The summed E-state index contributed by atoms with van der Waals surface area (Å²) in [4.78, 5) is 17.5. The number of rotatable bonds is 8. The van der Waals surface area contributed by atoms with Crippen LogP contribution < -0.4 is 15.4 Å². The molecule has 2 aliphatic heterocycles. The van der Waals surface area contributed by atoms with Gasteiger partial charge < -0.3 is 20.1 Å². The molecule has 2 N–H and O–H groups in total. The summed E-state index contributed by atoms with van der Waals surface area (Å²) in [6, 6.07) is 8.92. The van der Waals surface area contributed by atoms with E-state index in [0.29, 0.717) is 13.2 Å². The fourth-order valence-electron chi connectivity index (χ4n) is 5.18. The highest BCUT2D eigenvalue weighted by Crippen LogP contribution is 2.25. The third-order valence-electron chi connectivity index (χ3n) is 7.01. The number of morpholine rings is 1. The van der Waals surface area contributed by atoms with Gasteiger partial charge in [-0.15, -0.1) is 0 Å². The van der Waals surface area contributed by atoms with Crippen LogP contribution in [0.5, 0.6) is 5.75 Å². The molecule has 4 rings (SSSR count). The van der Waals surface area contributed by atoms with Crippen LogP contribution in [0, 0.1) is 0 Å². The molecular weight excluding hydrogens is 404 g/mol. The summed E-state index contributed by atoms with van der Waals surface area (Å²) in [7, 11) is 0. The molecule has 1 atom stereocenters. The lowest BCUT2D eigenvalue weighted by atomic mass is 9.92. The van der Waals surface area contributed by atoms with E-state index in [1.807, 2.05) is 24.3 Å². The molecule has 2 amide bonds. The zero-order chi connectivity index (χ0) is 22.0. The lowest BCUT2D eigenvalue weighted by Crippen LogP contribution is -2.53. The number of hydrogen-bond acceptors (Lipinski definition) is 5. The van der Waals surface area contributed by atoms with Gasteiger partial charge in [-0.1, -0.05) is 31.4 Å². The topological polar surface area (TPSA) is 66.1 Å². The van der Waals surface area contributed by atoms with Crippen LogP contribution in [-0.4, -0.2) is 80.5 Å². The maximum absolute atomic E-state index is 12.5. The predicted octanol–water partition coefficient (Wildman–Crippen LogP) is 2.99. The summed E-state index contributed by atoms with van der Waals surface area (Å²) < 4.78 is 11.3. The number of piperidine rings is 1. The smallest absolute Gasteiger partial charge is 0.315 e. The van der Waals surface area contributed by atoms with Gasteiger partial charge in [0.15, 0.2) is 0 Å². The average Bonchev–Trinajstić information content (AvgIpc) is 2.84. The fraction of sp³-hybridized carbons (Fsp3) is 0.720. The van der Waals surface area contributed by atoms with Gasteiger partial charge in [-0.25, -0.2) is 4.79 Å². The minimum atomic E-state index is -0.0702. The van der Waals surface area contributed by atoms with Gasteiger partial charge in [-0.05, 0) is 49.9 Å². The monoisotopic (exact) mass is 444 g/mol. The van der Waals surface area contributed by atoms with Crippen molar-refractivity contribution in [1.82, 2.24) is 20.4 Å². The van der Waals surface area contributed by atoms with Crippen LogP contribution in [0.15, 0.2) is 24.3 Å². The average molecular weight is 445 g/mol. The number of nitrogens with zero attached hydrogens (tertiary/aromatic N) is 2. The van der Waals surface area contributed by atoms with Crippen LogP contribution in [0.25, 0.3) is 0 Å². The van der Waals surface area contributed by atoms with Gasteiger partial charge in [0.05, 0.1) is 13.2 Å². The van der Waals surface area contributed by atoms with Gasteiger partial charge in [0, 0.05) is 44.8 Å². The number of likely N-dealkylation sites (tertiary alicyclic amines) is 1. The Balaban J connectivity index is 1.16. The normalized spacial score (nSPS) is 23.6. The summed E-state index contributed by atoms with van der Waals surface area (Å²) in [5.41, 5.74) is 1.05. The fourth-order valence-corrected chi connectivity index (χ4v) is 5.18. The van der Waals surface area contributed by atoms with Crippen molar-refractivity contribution in [2.45, 2.75) is 63.6 Å². The number of ether oxygens (including phenoxy) is 2. The first-order chi connectivity index (χ1) is 15.8. The first-order valence-corrected chi connectivity index (χ1v) is 12.6. The molecule has 178 valence electrons. The number of amides is 2. The van der Waals surface area contributed by atoms with E-state index in [9.17, 15) is 4.79 Å². The molecule has 1 aromatic rings. The zero-order valence-corrected chi connectivity index (χ0v) is 19.4. The van der Waals surface area contributed by atoms with E-state index in [0.717, 1.165) is 63.2 Å². The second kappa shape index (κ2) is 12.4. The maximum Gasteiger partial charge on any atom is 0.315 e. The molecule has 32 heavy (non-hydrogen) atoms. The van der Waals surface area contributed by atoms with Gasteiger partial charge in [0.25, 0.3) is 0 Å². The first kappa shape index (κ1) is 23.3. The zero-order valence-electron chi connectivity index (χ0n) is 19.4. The summed E-state index contributed by atoms with van der Waals surface area (Å²) in [5, 5.41) is 6.23. The van der Waals surface area contributed by atoms with E-state index in [4.69, 9.17) is 9.47 Å². The predicted molar refractivity (Wildman–Crippen MR) is 126 cm³/mol. The van der Waals surface area contributed by atoms with Crippen LogP contribution in [0.3, 0.4) is 0 Å². The molecule has 2 heterocycles. The van der Waals surface area contributed by atoms with Gasteiger partial charge in [-0.2, -0.15) is 0 Å². The second-order valence-electron chi connectivity index (χ2n) is 9.40. The summed E-state index contributed by atoms with van der Waals surface area (Å²) >= 11 is 0. The molecule has 0 bridgehead atoms. The summed E-state index contributed by atoms with van der Waals surface area (Å²) in [6.45, 7) is 7.82. The summed E-state index contributed by atoms with van der Waals surface area (Å²) in [5.74, 6) is 0.855. The third kappa shape index (κ3) is 7.36. The SMILES string of the molecule is O=C(NCc1cccc(OCCN2CCOCC2)c1)NC1CCCN(C2CCCCC2)C1. The third-order valence-corrected chi connectivity index (χ3v) is 7.01. The van der Waals surface area contributed by atoms with Crippen molar-refractivity contribution in [3.05, 3.63) is 29.8 Å². The molecule has 0 spiro atoms. The molecule has 7 nitrogen and oxygen atoms in total. The maximum atomic E-state index is 12.5. The van der Waals surface area contributed by atoms with Crippen LogP contribution in [-0.2, 0) is 11.3 Å². The van der Waals surface area contributed by atoms with Crippen molar-refractivity contribution in [2.24, 2.45) is 0 Å². The molecule has 3 aliphatic rings. The second-order valence-corrected chi connectivity index (χ2v) is 9.40. The van der Waals surface area contributed by atoms with Crippen molar-refractivity contribution in [3.8, 4) is 5.75 Å². The largest absolute Gasteiger partial charge is 0.492 e. The highest BCUT2D eigenvalue weighted by molar-refractivity contribution is 5.74. The molecule has 0 aromatic heterocycles. The van der Waals surface area contributed by atoms with E-state index in [1.165, 1.54) is 45.1 Å². The van der Waals surface area contributed by atoms with E-state index in [2.05, 4.69) is 20.4 Å². The lowest BCUT2D eigenvalue weighted by Gasteiger charge is -2.40. The van der Waals surface area contributed by atoms with Crippen LogP contribution in [0.2, 0.25) is 0 Å². The van der Waals surface area contributed by atoms with Crippen LogP contribution in [0.4, 0.5) is 4.79 Å². The van der Waals surface area contributed by atoms with E-state index in [1.54, 1.807) is 0 Å². The minimum absolute atomic E-state index is 0.0702. The standard InChI is InChI=1S/C25H40N4O3/c30-25(27-22-7-5-11-29(20-22)23-8-2-1-3-9-23)26-19-21-6-4-10-24(18-21)32-17-14-28-12-15-31-16-13-28/h4,6,10,18,22-23H,1-3,5,7-9,11-17,19-20H2,(H2,26,27,30). The minimum Gasteiger partial charge on any atom is -0.492 e. The lowest BCUT2D eigenvalue weighted by molar-refractivity contribution is 0.0322. The van der Waals surface area contributed by atoms with Crippen LogP contribution in [0.1, 0.15) is 50.5 Å². The highest BCUT2D eigenvalue weighted by atomic mass is 16.5. The molecule has 1 aliphatic carbocycles. The van der Waals surface area contributed by atoms with E-state index < -0.39 is 0 Å². The van der Waals surface area contributed by atoms with Crippen molar-refractivity contribution in [2.75, 3.05) is 52.5 Å². The molecule has 7 heteroatoms. The van der Waals surface area contributed by atoms with Gasteiger partial charge >= 0.3 is 6.03 Å². The Morgan fingerprint density at radius 3 is 2.75 bits per heavy atom. The number of nitrogens with one attached hydrogen (secondary N) is 2. The Hall–Kier alpha value is -1.83. The van der Waals surface area contributed by atoms with E-state index >= 15 is 0 Å². The Morgan fingerprint density at radius 1 is 1.06 bits per heavy atom. The van der Waals surface area contributed by atoms with Crippen molar-refractivity contribution < 1.29 is 14.3 Å². The Labute approximate surface area is 192 Å². The van der Waals surface area contributed by atoms with Crippen molar-refractivity contribution in [3.63, 3.8) is 0 Å². The van der Waals surface area contributed by atoms with E-state index in [-0.39, 0.29) is 12.1 Å². The molecule has 1 saturated carbocycles. The molecular formula is C25H40N4O3. The molecule has 2 saturated heterocycles. The number of benzene rings is 1. The summed E-state index contributed by atoms with van der Waals surface area (Å²) in [6.07, 6.45) is 8.99. The Morgan fingerprint density at radius 2 is 1.91 bits per heavy atom. The Bertz CT molecular complexity index is 704. The first-order valence-electron chi connectivity index (χ1n) is 12.6. The molecule has 1 aromatic carbocycles. The van der Waals surface area contributed by atoms with Gasteiger partial charge in [0.1, 0.15) is 12.4 Å². The van der Waals surface area contributed by atoms with Crippen LogP contribution >= 0.6 is 0 Å². The Kier molecular flexibility index (Phi) is 9.06. The van der Waals surface area contributed by atoms with Crippen molar-refractivity contribution >= 4 is 6.03 Å². The van der Waals surface area contributed by atoms with Gasteiger partial charge in [-0.3, -0.25) is 9.80 Å². The number of hydrogen-bond donors (Lipinski definition) is 2. The quantitative estimate of drug-likeness (QED) is 0.645. The number of urea groups is 1. The van der Waals surface area contributed by atoms with Gasteiger partial charge in [0.2, 0.25) is 0 Å².